The number of nitrogens with one attached hydrogen (secondary N) is 1. The first-order valence-electron chi connectivity index (χ1n) is 5.96. The molecule has 1 aromatic rings. The predicted octanol–water partition coefficient (Wildman–Crippen LogP) is 1.51. The van der Waals surface area contributed by atoms with Gasteiger partial charge in [-0.05, 0) is 24.7 Å². The molecule has 2 unspecified atom stereocenters. The molecule has 1 N–H and O–H groups in total. The van der Waals surface area contributed by atoms with Gasteiger partial charge >= 0.3 is 0 Å². The van der Waals surface area contributed by atoms with E-state index in [-0.39, 0.29) is 23.7 Å². The Kier molecular flexibility index (Phi) is 4.52. The SMILES string of the molecule is CNC(c1ccc(OC)c(F)c1)C1COCCO1. The lowest BCUT2D eigenvalue weighted by molar-refractivity contribution is -0.101. The number of rotatable bonds is 4. The topological polar surface area (TPSA) is 39.7 Å². The van der Waals surface area contributed by atoms with Crippen molar-refractivity contribution in [3.63, 3.8) is 0 Å². The standard InChI is InChI=1S/C13H18FNO3/c1-15-13(12-8-17-5-6-18-12)9-3-4-11(16-2)10(14)7-9/h3-4,7,12-13,15H,5-6,8H2,1-2H3. The van der Waals surface area contributed by atoms with Crippen molar-refractivity contribution < 1.29 is 18.6 Å². The molecular formula is C13H18FNO3. The summed E-state index contributed by atoms with van der Waals surface area (Å²) in [7, 11) is 3.27. The Bertz CT molecular complexity index is 394. The van der Waals surface area contributed by atoms with Gasteiger partial charge in [-0.3, -0.25) is 0 Å². The normalized spacial score (nSPS) is 21.6. The third-order valence-corrected chi connectivity index (χ3v) is 3.06. The van der Waals surface area contributed by atoms with E-state index < -0.39 is 0 Å². The van der Waals surface area contributed by atoms with Gasteiger partial charge in [0.15, 0.2) is 11.6 Å². The van der Waals surface area contributed by atoms with Crippen molar-refractivity contribution in [3.05, 3.63) is 29.6 Å². The monoisotopic (exact) mass is 255 g/mol. The lowest BCUT2D eigenvalue weighted by Gasteiger charge is -2.30. The Morgan fingerprint density at radius 1 is 1.44 bits per heavy atom. The second kappa shape index (κ2) is 6.13. The molecule has 5 heteroatoms. The third kappa shape index (κ3) is 2.80. The second-order valence-corrected chi connectivity index (χ2v) is 4.14. The van der Waals surface area contributed by atoms with E-state index in [4.69, 9.17) is 14.2 Å². The molecule has 4 nitrogen and oxygen atoms in total. The van der Waals surface area contributed by atoms with Crippen LogP contribution < -0.4 is 10.1 Å². The maximum atomic E-state index is 13.7. The highest BCUT2D eigenvalue weighted by molar-refractivity contribution is 5.31. The molecule has 0 spiro atoms. The quantitative estimate of drug-likeness (QED) is 0.885. The van der Waals surface area contributed by atoms with E-state index in [1.54, 1.807) is 6.07 Å². The van der Waals surface area contributed by atoms with Gasteiger partial charge in [0.05, 0.1) is 33.0 Å². The molecular weight excluding hydrogens is 237 g/mol. The average molecular weight is 255 g/mol. The largest absolute Gasteiger partial charge is 0.494 e. The van der Waals surface area contributed by atoms with Gasteiger partial charge in [-0.15, -0.1) is 0 Å². The van der Waals surface area contributed by atoms with E-state index in [1.165, 1.54) is 13.2 Å². The Hall–Kier alpha value is -1.17. The maximum absolute atomic E-state index is 13.7. The summed E-state index contributed by atoms with van der Waals surface area (Å²) in [6.45, 7) is 1.70. The van der Waals surface area contributed by atoms with E-state index >= 15 is 0 Å². The van der Waals surface area contributed by atoms with Crippen LogP contribution in [0.4, 0.5) is 4.39 Å². The number of benzene rings is 1. The molecule has 2 rings (SSSR count). The molecule has 100 valence electrons. The van der Waals surface area contributed by atoms with Crippen molar-refractivity contribution in [2.75, 3.05) is 34.0 Å². The van der Waals surface area contributed by atoms with Crippen LogP contribution in [0.3, 0.4) is 0 Å². The molecule has 1 aliphatic heterocycles. The molecule has 0 bridgehead atoms. The first-order chi connectivity index (χ1) is 8.76. The van der Waals surface area contributed by atoms with Crippen LogP contribution in [0.5, 0.6) is 5.75 Å². The van der Waals surface area contributed by atoms with Gasteiger partial charge in [-0.25, -0.2) is 4.39 Å². The Balaban J connectivity index is 2.18. The van der Waals surface area contributed by atoms with E-state index in [2.05, 4.69) is 5.32 Å². The summed E-state index contributed by atoms with van der Waals surface area (Å²) in [5.74, 6) is -0.124. The number of ether oxygens (including phenoxy) is 3. The lowest BCUT2D eigenvalue weighted by Crippen LogP contribution is -2.39. The Morgan fingerprint density at radius 2 is 2.28 bits per heavy atom. The molecule has 0 radical (unpaired) electrons. The molecule has 0 amide bonds. The fourth-order valence-electron chi connectivity index (χ4n) is 2.14. The molecule has 1 aliphatic rings. The van der Waals surface area contributed by atoms with E-state index in [0.717, 1.165) is 5.56 Å². The number of likely N-dealkylation sites (N-methyl/N-ethyl adjacent to an activating group) is 1. The summed E-state index contributed by atoms with van der Waals surface area (Å²) in [4.78, 5) is 0. The Labute approximate surface area is 106 Å². The van der Waals surface area contributed by atoms with E-state index in [9.17, 15) is 4.39 Å². The van der Waals surface area contributed by atoms with Gasteiger partial charge in [-0.2, -0.15) is 0 Å². The van der Waals surface area contributed by atoms with Crippen LogP contribution in [0.1, 0.15) is 11.6 Å². The molecule has 18 heavy (non-hydrogen) atoms. The summed E-state index contributed by atoms with van der Waals surface area (Å²) < 4.78 is 29.6. The van der Waals surface area contributed by atoms with E-state index in [1.807, 2.05) is 13.1 Å². The second-order valence-electron chi connectivity index (χ2n) is 4.14. The summed E-state index contributed by atoms with van der Waals surface area (Å²) in [6.07, 6.45) is -0.100. The fraction of sp³-hybridized carbons (Fsp3) is 0.538. The summed E-state index contributed by atoms with van der Waals surface area (Å²) >= 11 is 0. The predicted molar refractivity (Wildman–Crippen MR) is 65.3 cm³/mol. The number of methoxy groups -OCH3 is 1. The first kappa shape index (κ1) is 13.3. The highest BCUT2D eigenvalue weighted by atomic mass is 19.1. The summed E-state index contributed by atoms with van der Waals surface area (Å²) in [5.41, 5.74) is 0.825. The van der Waals surface area contributed by atoms with Gasteiger partial charge in [0.2, 0.25) is 0 Å². The summed E-state index contributed by atoms with van der Waals surface area (Å²) in [5, 5.41) is 3.14. The average Bonchev–Trinajstić information content (AvgIpc) is 2.41. The Morgan fingerprint density at radius 3 is 2.83 bits per heavy atom. The van der Waals surface area contributed by atoms with Crippen molar-refractivity contribution in [2.24, 2.45) is 0 Å². The first-order valence-corrected chi connectivity index (χ1v) is 5.96. The molecule has 0 saturated carbocycles. The number of hydrogen-bond acceptors (Lipinski definition) is 4. The van der Waals surface area contributed by atoms with E-state index in [0.29, 0.717) is 19.8 Å². The zero-order valence-electron chi connectivity index (χ0n) is 10.6. The highest BCUT2D eigenvalue weighted by Gasteiger charge is 2.26. The van der Waals surface area contributed by atoms with Gasteiger partial charge in [0.25, 0.3) is 0 Å². The van der Waals surface area contributed by atoms with Crippen molar-refractivity contribution in [3.8, 4) is 5.75 Å². The molecule has 0 aliphatic carbocycles. The van der Waals surface area contributed by atoms with Crippen LogP contribution in [-0.2, 0) is 9.47 Å². The number of hydrogen-bond donors (Lipinski definition) is 1. The lowest BCUT2D eigenvalue weighted by atomic mass is 10.0. The van der Waals surface area contributed by atoms with Crippen LogP contribution in [0.15, 0.2) is 18.2 Å². The van der Waals surface area contributed by atoms with Crippen LogP contribution in [0.2, 0.25) is 0 Å². The van der Waals surface area contributed by atoms with Crippen molar-refractivity contribution in [1.29, 1.82) is 0 Å². The zero-order chi connectivity index (χ0) is 13.0. The zero-order valence-corrected chi connectivity index (χ0v) is 10.6. The molecule has 0 aromatic heterocycles. The highest BCUT2D eigenvalue weighted by Crippen LogP contribution is 2.25. The smallest absolute Gasteiger partial charge is 0.165 e. The van der Waals surface area contributed by atoms with Gasteiger partial charge in [0, 0.05) is 0 Å². The minimum absolute atomic E-state index is 0.0919. The van der Waals surface area contributed by atoms with Gasteiger partial charge in [-0.1, -0.05) is 6.07 Å². The van der Waals surface area contributed by atoms with Crippen LogP contribution in [0, 0.1) is 5.82 Å². The minimum atomic E-state index is -0.369. The van der Waals surface area contributed by atoms with Crippen molar-refractivity contribution in [1.82, 2.24) is 5.32 Å². The molecule has 1 fully saturated rings. The fourth-order valence-corrected chi connectivity index (χ4v) is 2.14. The third-order valence-electron chi connectivity index (χ3n) is 3.06. The molecule has 2 atom stereocenters. The number of halogens is 1. The molecule has 1 saturated heterocycles. The van der Waals surface area contributed by atoms with Crippen molar-refractivity contribution in [2.45, 2.75) is 12.1 Å². The van der Waals surface area contributed by atoms with Gasteiger partial charge < -0.3 is 19.5 Å². The van der Waals surface area contributed by atoms with Crippen molar-refractivity contribution >= 4 is 0 Å². The van der Waals surface area contributed by atoms with Crippen LogP contribution >= 0.6 is 0 Å². The van der Waals surface area contributed by atoms with Crippen LogP contribution in [-0.4, -0.2) is 40.1 Å². The molecule has 1 heterocycles. The molecule has 1 aromatic carbocycles. The van der Waals surface area contributed by atoms with Gasteiger partial charge in [0.1, 0.15) is 6.10 Å². The van der Waals surface area contributed by atoms with Crippen LogP contribution in [0.25, 0.3) is 0 Å². The maximum Gasteiger partial charge on any atom is 0.165 e. The minimum Gasteiger partial charge on any atom is -0.494 e. The summed E-state index contributed by atoms with van der Waals surface area (Å²) in [6, 6.07) is 4.84.